The number of hydrogen-bond acceptors (Lipinski definition) is 2. The minimum absolute atomic E-state index is 0.316. The molecule has 0 radical (unpaired) electrons. The largest absolute Gasteiger partial charge is 0.312 e. The number of ketones is 1. The van der Waals surface area contributed by atoms with Crippen LogP contribution in [0.3, 0.4) is 0 Å². The van der Waals surface area contributed by atoms with Gasteiger partial charge in [0.25, 0.3) is 0 Å². The highest BCUT2D eigenvalue weighted by Gasteiger charge is 2.20. The van der Waals surface area contributed by atoms with E-state index in [-0.39, 0.29) is 0 Å². The number of carbonyl (C=O) groups is 1. The van der Waals surface area contributed by atoms with Gasteiger partial charge in [-0.1, -0.05) is 18.2 Å². The highest BCUT2D eigenvalue weighted by Crippen LogP contribution is 2.21. The third-order valence-electron chi connectivity index (χ3n) is 3.54. The van der Waals surface area contributed by atoms with Gasteiger partial charge < -0.3 is 5.32 Å². The molecule has 2 aromatic rings. The molecule has 0 saturated carbocycles. The van der Waals surface area contributed by atoms with Crippen LogP contribution < -0.4 is 5.32 Å². The number of halogens is 2. The Labute approximate surface area is 115 Å². The Hall–Kier alpha value is -2.07. The fourth-order valence-electron chi connectivity index (χ4n) is 2.48. The van der Waals surface area contributed by atoms with Crippen molar-refractivity contribution in [3.8, 4) is 0 Å². The molecular weight excluding hydrogens is 260 g/mol. The number of carbonyl (C=O) groups excluding carboxylic acids is 1. The highest BCUT2D eigenvalue weighted by molar-refractivity contribution is 6.09. The van der Waals surface area contributed by atoms with Crippen molar-refractivity contribution in [1.82, 2.24) is 5.32 Å². The van der Waals surface area contributed by atoms with E-state index in [4.69, 9.17) is 0 Å². The predicted octanol–water partition coefficient (Wildman–Crippen LogP) is 2.84. The smallest absolute Gasteiger partial charge is 0.198 e. The third kappa shape index (κ3) is 2.23. The number of benzene rings is 2. The zero-order valence-electron chi connectivity index (χ0n) is 10.7. The molecule has 1 heterocycles. The molecule has 0 spiro atoms. The maximum Gasteiger partial charge on any atom is 0.198 e. The van der Waals surface area contributed by atoms with Gasteiger partial charge in [-0.05, 0) is 42.3 Å². The van der Waals surface area contributed by atoms with E-state index in [1.807, 2.05) is 6.07 Å². The molecule has 3 rings (SSSR count). The van der Waals surface area contributed by atoms with Crippen LogP contribution in [0.25, 0.3) is 0 Å². The molecule has 20 heavy (non-hydrogen) atoms. The Morgan fingerprint density at radius 3 is 2.55 bits per heavy atom. The summed E-state index contributed by atoms with van der Waals surface area (Å²) in [5.41, 5.74) is 2.01. The van der Waals surface area contributed by atoms with Gasteiger partial charge in [-0.15, -0.1) is 0 Å². The Balaban J connectivity index is 2.03. The standard InChI is InChI=1S/C16H13F2NO/c17-13-2-1-3-14(18)15(13)16(20)11-5-4-10-6-7-19-9-12(10)8-11/h1-5,8,19H,6-7,9H2. The highest BCUT2D eigenvalue weighted by atomic mass is 19.1. The van der Waals surface area contributed by atoms with Crippen molar-refractivity contribution in [2.45, 2.75) is 13.0 Å². The van der Waals surface area contributed by atoms with Gasteiger partial charge in [0.1, 0.15) is 11.6 Å². The minimum Gasteiger partial charge on any atom is -0.312 e. The molecule has 2 nitrogen and oxygen atoms in total. The molecule has 0 bridgehead atoms. The lowest BCUT2D eigenvalue weighted by atomic mass is 9.95. The summed E-state index contributed by atoms with van der Waals surface area (Å²) in [5.74, 6) is -2.27. The van der Waals surface area contributed by atoms with Crippen molar-refractivity contribution in [2.75, 3.05) is 6.54 Å². The third-order valence-corrected chi connectivity index (χ3v) is 3.54. The lowest BCUT2D eigenvalue weighted by Gasteiger charge is -2.17. The van der Waals surface area contributed by atoms with Crippen molar-refractivity contribution in [1.29, 1.82) is 0 Å². The Bertz CT molecular complexity index is 662. The summed E-state index contributed by atoms with van der Waals surface area (Å²) in [6, 6.07) is 8.65. The zero-order chi connectivity index (χ0) is 14.1. The normalized spacial score (nSPS) is 13.9. The second kappa shape index (κ2) is 5.13. The molecule has 0 amide bonds. The van der Waals surface area contributed by atoms with E-state index < -0.39 is 23.0 Å². The van der Waals surface area contributed by atoms with E-state index >= 15 is 0 Å². The maximum atomic E-state index is 13.7. The summed E-state index contributed by atoms with van der Waals surface area (Å²) < 4.78 is 27.3. The van der Waals surface area contributed by atoms with E-state index in [1.54, 1.807) is 12.1 Å². The summed E-state index contributed by atoms with van der Waals surface area (Å²) >= 11 is 0. The van der Waals surface area contributed by atoms with Gasteiger partial charge >= 0.3 is 0 Å². The topological polar surface area (TPSA) is 29.1 Å². The molecular formula is C16H13F2NO. The molecule has 0 fully saturated rings. The number of nitrogens with one attached hydrogen (secondary N) is 1. The van der Waals surface area contributed by atoms with Crippen LogP contribution in [0.4, 0.5) is 8.78 Å². The Morgan fingerprint density at radius 2 is 1.80 bits per heavy atom. The maximum absolute atomic E-state index is 13.7. The number of hydrogen-bond donors (Lipinski definition) is 1. The molecule has 0 atom stereocenters. The fourth-order valence-corrected chi connectivity index (χ4v) is 2.48. The molecule has 0 aromatic heterocycles. The van der Waals surface area contributed by atoms with Crippen LogP contribution in [0.1, 0.15) is 27.0 Å². The van der Waals surface area contributed by atoms with Crippen molar-refractivity contribution >= 4 is 5.78 Å². The van der Waals surface area contributed by atoms with E-state index in [2.05, 4.69) is 5.32 Å². The van der Waals surface area contributed by atoms with Crippen LogP contribution in [-0.2, 0) is 13.0 Å². The molecule has 0 saturated heterocycles. The summed E-state index contributed by atoms with van der Waals surface area (Å²) in [4.78, 5) is 12.3. The van der Waals surface area contributed by atoms with Crippen LogP contribution in [0.15, 0.2) is 36.4 Å². The van der Waals surface area contributed by atoms with Gasteiger partial charge in [0.15, 0.2) is 5.78 Å². The van der Waals surface area contributed by atoms with Gasteiger partial charge in [-0.3, -0.25) is 4.79 Å². The lowest BCUT2D eigenvalue weighted by molar-refractivity contribution is 0.103. The Kier molecular flexibility index (Phi) is 3.32. The second-order valence-electron chi connectivity index (χ2n) is 4.84. The summed E-state index contributed by atoms with van der Waals surface area (Å²) in [7, 11) is 0. The first-order valence-corrected chi connectivity index (χ1v) is 6.48. The van der Waals surface area contributed by atoms with Crippen LogP contribution >= 0.6 is 0 Å². The van der Waals surface area contributed by atoms with E-state index in [1.165, 1.54) is 11.6 Å². The van der Waals surface area contributed by atoms with E-state index in [9.17, 15) is 13.6 Å². The summed E-state index contributed by atoms with van der Waals surface area (Å²) in [6.07, 6.45) is 0.901. The van der Waals surface area contributed by atoms with Gasteiger partial charge in [0, 0.05) is 12.1 Å². The number of fused-ring (bicyclic) bond motifs is 1. The predicted molar refractivity (Wildman–Crippen MR) is 71.6 cm³/mol. The van der Waals surface area contributed by atoms with Crippen molar-refractivity contribution < 1.29 is 13.6 Å². The number of rotatable bonds is 2. The SMILES string of the molecule is O=C(c1ccc2c(c1)CNCC2)c1c(F)cccc1F. The van der Waals surface area contributed by atoms with Crippen LogP contribution in [-0.4, -0.2) is 12.3 Å². The molecule has 102 valence electrons. The van der Waals surface area contributed by atoms with Crippen molar-refractivity contribution in [2.24, 2.45) is 0 Å². The van der Waals surface area contributed by atoms with Gasteiger partial charge in [0.2, 0.25) is 0 Å². The van der Waals surface area contributed by atoms with Crippen LogP contribution in [0, 0.1) is 11.6 Å². The summed E-state index contributed by atoms with van der Waals surface area (Å²) in [5, 5.41) is 3.21. The zero-order valence-corrected chi connectivity index (χ0v) is 10.7. The minimum atomic E-state index is -0.828. The molecule has 4 heteroatoms. The average Bonchev–Trinajstić information content (AvgIpc) is 2.46. The fraction of sp³-hybridized carbons (Fsp3) is 0.188. The van der Waals surface area contributed by atoms with Crippen LogP contribution in [0.5, 0.6) is 0 Å². The lowest BCUT2D eigenvalue weighted by Crippen LogP contribution is -2.24. The van der Waals surface area contributed by atoms with Gasteiger partial charge in [0.05, 0.1) is 5.56 Å². The monoisotopic (exact) mass is 273 g/mol. The Morgan fingerprint density at radius 1 is 1.05 bits per heavy atom. The second-order valence-corrected chi connectivity index (χ2v) is 4.84. The summed E-state index contributed by atoms with van der Waals surface area (Å²) in [6.45, 7) is 1.58. The molecule has 1 N–H and O–H groups in total. The van der Waals surface area contributed by atoms with Crippen molar-refractivity contribution in [3.63, 3.8) is 0 Å². The first-order chi connectivity index (χ1) is 9.66. The first-order valence-electron chi connectivity index (χ1n) is 6.48. The molecule has 0 unspecified atom stereocenters. The average molecular weight is 273 g/mol. The van der Waals surface area contributed by atoms with Crippen molar-refractivity contribution in [3.05, 3.63) is 70.3 Å². The van der Waals surface area contributed by atoms with E-state index in [0.717, 1.165) is 30.7 Å². The molecule has 0 aliphatic carbocycles. The van der Waals surface area contributed by atoms with Gasteiger partial charge in [-0.25, -0.2) is 8.78 Å². The van der Waals surface area contributed by atoms with Crippen LogP contribution in [0.2, 0.25) is 0 Å². The van der Waals surface area contributed by atoms with Gasteiger partial charge in [-0.2, -0.15) is 0 Å². The first kappa shape index (κ1) is 12.9. The quantitative estimate of drug-likeness (QED) is 0.852. The molecule has 1 aliphatic rings. The molecule has 2 aromatic carbocycles. The molecule has 1 aliphatic heterocycles. The van der Waals surface area contributed by atoms with E-state index in [0.29, 0.717) is 12.1 Å².